The molecule has 15 heavy (non-hydrogen) atoms. The van der Waals surface area contributed by atoms with Gasteiger partial charge in [0, 0.05) is 12.1 Å². The van der Waals surface area contributed by atoms with Crippen LogP contribution in [-0.4, -0.2) is 17.1 Å². The zero-order valence-electron chi connectivity index (χ0n) is 9.75. The molecule has 0 atom stereocenters. The Morgan fingerprint density at radius 2 is 2.20 bits per heavy atom. The first-order valence-electron chi connectivity index (χ1n) is 5.50. The first kappa shape index (κ1) is 10.3. The molecule has 1 aromatic rings. The normalized spacial score (nSPS) is 19.5. The van der Waals surface area contributed by atoms with Crippen LogP contribution in [0.15, 0.2) is 12.3 Å². The lowest BCUT2D eigenvalue weighted by atomic mass is 10.0. The number of hydrogen-bond donors (Lipinski definition) is 1. The average Bonchev–Trinajstić information content (AvgIpc) is 2.50. The van der Waals surface area contributed by atoms with Gasteiger partial charge in [0.15, 0.2) is 0 Å². The lowest BCUT2D eigenvalue weighted by molar-refractivity contribution is 0.514. The van der Waals surface area contributed by atoms with Crippen LogP contribution in [0.2, 0.25) is 0 Å². The minimum Gasteiger partial charge on any atom is -0.397 e. The van der Waals surface area contributed by atoms with Crippen LogP contribution in [0.1, 0.15) is 32.3 Å². The van der Waals surface area contributed by atoms with Crippen molar-refractivity contribution in [1.82, 2.24) is 4.98 Å². The summed E-state index contributed by atoms with van der Waals surface area (Å²) in [5.74, 6) is 1.06. The van der Waals surface area contributed by atoms with Crippen molar-refractivity contribution in [2.75, 3.05) is 17.2 Å². The standard InChI is InChI=1S/C12H19N3/c1-9-7-11(14-8-10(9)13)15-6-4-5-12(15,2)3/h7-8H,4-6,13H2,1-3H3. The Morgan fingerprint density at radius 3 is 2.73 bits per heavy atom. The van der Waals surface area contributed by atoms with Crippen LogP contribution in [0, 0.1) is 6.92 Å². The molecule has 0 aromatic carbocycles. The van der Waals surface area contributed by atoms with Gasteiger partial charge < -0.3 is 10.6 Å². The van der Waals surface area contributed by atoms with Gasteiger partial charge in [-0.1, -0.05) is 0 Å². The third-order valence-electron chi connectivity index (χ3n) is 3.31. The van der Waals surface area contributed by atoms with Gasteiger partial charge in [0.1, 0.15) is 5.82 Å². The molecule has 1 saturated heterocycles. The van der Waals surface area contributed by atoms with Gasteiger partial charge in [-0.25, -0.2) is 4.98 Å². The molecule has 2 N–H and O–H groups in total. The van der Waals surface area contributed by atoms with Gasteiger partial charge in [0.05, 0.1) is 11.9 Å². The molecule has 2 rings (SSSR count). The molecule has 3 nitrogen and oxygen atoms in total. The molecule has 0 bridgehead atoms. The molecule has 0 radical (unpaired) electrons. The molecule has 1 aliphatic rings. The van der Waals surface area contributed by atoms with Crippen LogP contribution in [0.4, 0.5) is 11.5 Å². The number of pyridine rings is 1. The molecule has 0 saturated carbocycles. The summed E-state index contributed by atoms with van der Waals surface area (Å²) < 4.78 is 0. The van der Waals surface area contributed by atoms with Crippen molar-refractivity contribution in [2.24, 2.45) is 0 Å². The van der Waals surface area contributed by atoms with Crippen LogP contribution < -0.4 is 10.6 Å². The Morgan fingerprint density at radius 1 is 1.47 bits per heavy atom. The van der Waals surface area contributed by atoms with Crippen molar-refractivity contribution in [2.45, 2.75) is 39.2 Å². The molecule has 0 aliphatic carbocycles. The maximum absolute atomic E-state index is 5.77. The highest BCUT2D eigenvalue weighted by Crippen LogP contribution is 2.33. The predicted molar refractivity (Wildman–Crippen MR) is 64.0 cm³/mol. The van der Waals surface area contributed by atoms with Gasteiger partial charge in [-0.05, 0) is 45.2 Å². The number of aryl methyl sites for hydroxylation is 1. The third-order valence-corrected chi connectivity index (χ3v) is 3.31. The summed E-state index contributed by atoms with van der Waals surface area (Å²) in [4.78, 5) is 6.79. The molecule has 0 spiro atoms. The van der Waals surface area contributed by atoms with Gasteiger partial charge in [0.2, 0.25) is 0 Å². The highest BCUT2D eigenvalue weighted by molar-refractivity contribution is 5.53. The average molecular weight is 205 g/mol. The largest absolute Gasteiger partial charge is 0.397 e. The zero-order valence-corrected chi connectivity index (χ0v) is 9.75. The van der Waals surface area contributed by atoms with Crippen LogP contribution in [0.25, 0.3) is 0 Å². The summed E-state index contributed by atoms with van der Waals surface area (Å²) in [6, 6.07) is 2.09. The maximum atomic E-state index is 5.77. The van der Waals surface area contributed by atoms with Gasteiger partial charge >= 0.3 is 0 Å². The van der Waals surface area contributed by atoms with Gasteiger partial charge in [0.25, 0.3) is 0 Å². The van der Waals surface area contributed by atoms with E-state index in [2.05, 4.69) is 29.8 Å². The molecular weight excluding hydrogens is 186 g/mol. The minimum absolute atomic E-state index is 0.232. The predicted octanol–water partition coefficient (Wildman–Crippen LogP) is 2.35. The van der Waals surface area contributed by atoms with E-state index in [0.29, 0.717) is 0 Å². The Kier molecular flexibility index (Phi) is 2.33. The first-order chi connectivity index (χ1) is 7.00. The van der Waals surface area contributed by atoms with Crippen molar-refractivity contribution in [3.05, 3.63) is 17.8 Å². The lowest BCUT2D eigenvalue weighted by Gasteiger charge is -2.32. The Hall–Kier alpha value is -1.25. The molecule has 82 valence electrons. The second-order valence-electron chi connectivity index (χ2n) is 4.97. The maximum Gasteiger partial charge on any atom is 0.129 e. The van der Waals surface area contributed by atoms with E-state index in [1.807, 2.05) is 6.92 Å². The molecule has 1 fully saturated rings. The zero-order chi connectivity index (χ0) is 11.1. The van der Waals surface area contributed by atoms with Crippen molar-refractivity contribution in [3.8, 4) is 0 Å². The third kappa shape index (κ3) is 1.78. The molecule has 2 heterocycles. The van der Waals surface area contributed by atoms with E-state index in [1.54, 1.807) is 6.20 Å². The number of hydrogen-bond acceptors (Lipinski definition) is 3. The van der Waals surface area contributed by atoms with E-state index in [4.69, 9.17) is 5.73 Å². The fourth-order valence-electron chi connectivity index (χ4n) is 2.23. The van der Waals surface area contributed by atoms with E-state index in [-0.39, 0.29) is 5.54 Å². The van der Waals surface area contributed by atoms with Crippen LogP contribution in [0.3, 0.4) is 0 Å². The van der Waals surface area contributed by atoms with Crippen molar-refractivity contribution in [1.29, 1.82) is 0 Å². The fourth-order valence-corrected chi connectivity index (χ4v) is 2.23. The molecule has 0 amide bonds. The van der Waals surface area contributed by atoms with Gasteiger partial charge in [-0.3, -0.25) is 0 Å². The number of nitrogen functional groups attached to an aromatic ring is 1. The highest BCUT2D eigenvalue weighted by Gasteiger charge is 2.32. The molecule has 1 aromatic heterocycles. The number of nitrogens with zero attached hydrogens (tertiary/aromatic N) is 2. The Bertz CT molecular complexity index is 371. The van der Waals surface area contributed by atoms with Crippen molar-refractivity contribution < 1.29 is 0 Å². The second-order valence-corrected chi connectivity index (χ2v) is 4.97. The van der Waals surface area contributed by atoms with E-state index >= 15 is 0 Å². The van der Waals surface area contributed by atoms with Gasteiger partial charge in [-0.2, -0.15) is 0 Å². The van der Waals surface area contributed by atoms with Crippen LogP contribution in [0.5, 0.6) is 0 Å². The molecule has 1 aliphatic heterocycles. The second kappa shape index (κ2) is 3.40. The number of anilines is 2. The highest BCUT2D eigenvalue weighted by atomic mass is 15.3. The van der Waals surface area contributed by atoms with Crippen LogP contribution in [-0.2, 0) is 0 Å². The van der Waals surface area contributed by atoms with Crippen molar-refractivity contribution >= 4 is 11.5 Å². The summed E-state index contributed by atoms with van der Waals surface area (Å²) >= 11 is 0. The van der Waals surface area contributed by atoms with E-state index in [0.717, 1.165) is 23.6 Å². The van der Waals surface area contributed by atoms with Gasteiger partial charge in [-0.15, -0.1) is 0 Å². The Balaban J connectivity index is 2.33. The summed E-state index contributed by atoms with van der Waals surface area (Å²) in [6.45, 7) is 7.67. The number of rotatable bonds is 1. The first-order valence-corrected chi connectivity index (χ1v) is 5.50. The van der Waals surface area contributed by atoms with E-state index in [1.165, 1.54) is 12.8 Å². The molecular formula is C12H19N3. The molecule has 0 unspecified atom stereocenters. The fraction of sp³-hybridized carbons (Fsp3) is 0.583. The smallest absolute Gasteiger partial charge is 0.129 e. The Labute approximate surface area is 91.3 Å². The topological polar surface area (TPSA) is 42.2 Å². The number of nitrogens with two attached hydrogens (primary N) is 1. The summed E-state index contributed by atoms with van der Waals surface area (Å²) in [5, 5.41) is 0. The summed E-state index contributed by atoms with van der Waals surface area (Å²) in [7, 11) is 0. The SMILES string of the molecule is Cc1cc(N2CCCC2(C)C)ncc1N. The quantitative estimate of drug-likeness (QED) is 0.765. The lowest BCUT2D eigenvalue weighted by Crippen LogP contribution is -2.38. The molecule has 3 heteroatoms. The summed E-state index contributed by atoms with van der Waals surface area (Å²) in [6.07, 6.45) is 4.25. The monoisotopic (exact) mass is 205 g/mol. The van der Waals surface area contributed by atoms with Crippen molar-refractivity contribution in [3.63, 3.8) is 0 Å². The van der Waals surface area contributed by atoms with E-state index < -0.39 is 0 Å². The minimum atomic E-state index is 0.232. The summed E-state index contributed by atoms with van der Waals surface area (Å²) in [5.41, 5.74) is 7.89. The van der Waals surface area contributed by atoms with Crippen LogP contribution >= 0.6 is 0 Å². The number of aromatic nitrogens is 1. The van der Waals surface area contributed by atoms with E-state index in [9.17, 15) is 0 Å².